The highest BCUT2D eigenvalue weighted by Gasteiger charge is 2.45. The minimum atomic E-state index is -3.56. The zero-order valence-electron chi connectivity index (χ0n) is 29.3. The molecule has 2 heterocycles. The van der Waals surface area contributed by atoms with Crippen molar-refractivity contribution in [1.29, 1.82) is 0 Å². The molecule has 2 aromatic carbocycles. The van der Waals surface area contributed by atoms with Crippen molar-refractivity contribution >= 4 is 51.7 Å². The number of imidazole rings is 1. The van der Waals surface area contributed by atoms with Crippen molar-refractivity contribution in [2.45, 2.75) is 97.6 Å². The van der Waals surface area contributed by atoms with E-state index in [0.29, 0.717) is 28.9 Å². The highest BCUT2D eigenvalue weighted by Crippen LogP contribution is 2.63. The van der Waals surface area contributed by atoms with Gasteiger partial charge in [-0.05, 0) is 64.8 Å². The molecular formula is C35H49BrN4O6SSi. The summed E-state index contributed by atoms with van der Waals surface area (Å²) in [6.07, 6.45) is 2.84. The number of hydrogen-bond acceptors (Lipinski definition) is 7. The van der Waals surface area contributed by atoms with E-state index in [1.165, 1.54) is 6.08 Å². The minimum Gasteiger partial charge on any atom is -0.444 e. The molecule has 4 rings (SSSR count). The van der Waals surface area contributed by atoms with E-state index in [1.54, 1.807) is 33.0 Å². The fraction of sp³-hybridized carbons (Fsp3) is 0.457. The first kappa shape index (κ1) is 37.9. The fourth-order valence-corrected chi connectivity index (χ4v) is 8.89. The number of amides is 2. The minimum absolute atomic E-state index is 0.155. The van der Waals surface area contributed by atoms with Crippen molar-refractivity contribution < 1.29 is 28.2 Å². The molecule has 3 aromatic rings. The summed E-state index contributed by atoms with van der Waals surface area (Å²) < 4.78 is 38.0. The Balaban J connectivity index is 1.71. The summed E-state index contributed by atoms with van der Waals surface area (Å²) in [7, 11) is -4.87. The first-order valence-corrected chi connectivity index (χ1v) is 22.0. The number of aromatic nitrogens is 2. The number of nitrogens with zero attached hydrogens (tertiary/aromatic N) is 3. The van der Waals surface area contributed by atoms with Crippen molar-refractivity contribution in [2.75, 3.05) is 6.61 Å². The molecule has 1 aromatic heterocycles. The van der Waals surface area contributed by atoms with E-state index in [0.717, 1.165) is 27.2 Å². The number of hydrogen-bond donors (Lipinski definition) is 3. The number of carbonyl (C=O) groups excluding carboxylic acids is 2. The molecule has 0 aliphatic carbocycles. The Hall–Kier alpha value is -2.94. The maximum Gasteiger partial charge on any atom is 0.408 e. The van der Waals surface area contributed by atoms with Gasteiger partial charge in [-0.25, -0.2) is 14.1 Å². The first-order chi connectivity index (χ1) is 22.2. The van der Waals surface area contributed by atoms with Gasteiger partial charge >= 0.3 is 6.09 Å². The quantitative estimate of drug-likeness (QED) is 0.132. The summed E-state index contributed by atoms with van der Waals surface area (Å²) >= 11 is 3.61. The number of ether oxygens (including phenoxy) is 2. The van der Waals surface area contributed by atoms with Gasteiger partial charge in [-0.1, -0.05) is 88.8 Å². The number of halogens is 1. The summed E-state index contributed by atoms with van der Waals surface area (Å²) in [6.45, 7) is 18.5. The van der Waals surface area contributed by atoms with Crippen LogP contribution in [0.25, 0.3) is 16.2 Å². The lowest BCUT2D eigenvalue weighted by molar-refractivity contribution is -0.124. The van der Waals surface area contributed by atoms with Crippen LogP contribution < -0.4 is 5.32 Å². The molecule has 0 spiro atoms. The van der Waals surface area contributed by atoms with Crippen LogP contribution >= 0.6 is 26.7 Å². The summed E-state index contributed by atoms with van der Waals surface area (Å²) in [6, 6.07) is 15.8. The Morgan fingerprint density at radius 2 is 1.73 bits per heavy atom. The van der Waals surface area contributed by atoms with Crippen LogP contribution in [0.1, 0.15) is 64.5 Å². The van der Waals surface area contributed by atoms with Gasteiger partial charge in [-0.15, -0.1) is 0 Å². The summed E-state index contributed by atoms with van der Waals surface area (Å²) in [5.74, 6) is 0.148. The van der Waals surface area contributed by atoms with Crippen LogP contribution in [0.15, 0.2) is 65.3 Å². The van der Waals surface area contributed by atoms with Crippen molar-refractivity contribution in [2.24, 2.45) is 0 Å². The van der Waals surface area contributed by atoms with E-state index in [9.17, 15) is 18.7 Å². The van der Waals surface area contributed by atoms with Gasteiger partial charge in [0.25, 0.3) is 5.91 Å². The van der Waals surface area contributed by atoms with Crippen molar-refractivity contribution in [3.05, 3.63) is 82.2 Å². The number of carbonyl (C=O) groups is 2. The average molecular weight is 762 g/mol. The molecule has 3 N–H and O–H groups in total. The zero-order chi connectivity index (χ0) is 35.7. The number of nitrogens with one attached hydrogen (secondary N) is 1. The van der Waals surface area contributed by atoms with Crippen molar-refractivity contribution in [3.63, 3.8) is 0 Å². The lowest BCUT2D eigenvalue weighted by Crippen LogP contribution is -2.43. The second-order valence-electron chi connectivity index (χ2n) is 15.2. The van der Waals surface area contributed by atoms with Crippen LogP contribution in [-0.4, -0.2) is 60.8 Å². The van der Waals surface area contributed by atoms with E-state index in [4.69, 9.17) is 14.5 Å². The maximum atomic E-state index is 13.2. The van der Waals surface area contributed by atoms with Gasteiger partial charge in [0.15, 0.2) is 0 Å². The lowest BCUT2D eigenvalue weighted by Gasteiger charge is -2.46. The van der Waals surface area contributed by atoms with Gasteiger partial charge in [0.05, 0.1) is 28.4 Å². The topological polar surface area (TPSA) is 126 Å². The van der Waals surface area contributed by atoms with Crippen LogP contribution in [0.2, 0.25) is 25.7 Å². The van der Waals surface area contributed by atoms with Crippen molar-refractivity contribution in [1.82, 2.24) is 19.2 Å². The van der Waals surface area contributed by atoms with Gasteiger partial charge in [-0.3, -0.25) is 13.9 Å². The zero-order valence-corrected chi connectivity index (χ0v) is 32.7. The van der Waals surface area contributed by atoms with E-state index >= 15 is 0 Å². The highest BCUT2D eigenvalue weighted by atomic mass is 79.9. The third kappa shape index (κ3) is 9.39. The highest BCUT2D eigenvalue weighted by molar-refractivity contribution is 9.10. The fourth-order valence-electron chi connectivity index (χ4n) is 5.37. The third-order valence-corrected chi connectivity index (χ3v) is 12.1. The SMILES string of the molecule is CC(C)(C)OC(=O)N[C@@H](Cc1ccc(C2=CC(=O)N(C(C)(C)C)S2(O)O)c(Br)c1)c1ncc(-c2ccccc2)n1COCC[Si](C)(C)C. The molecule has 0 bridgehead atoms. The standard InChI is InChI=1S/C35H49BrN4O6SSi/c1-34(2,3)40-31(41)21-30(47(40,43)44)26-16-15-24(19-27(26)36)20-28(38-33(42)46-35(4,5)6)32-37-22-29(25-13-11-10-12-14-25)39(32)23-45-17-18-48(7,8)9/h10-16,19,21-22,28,43-44H,17-18,20,23H2,1-9H3,(H,38,42)/t28-/m0/s1. The molecule has 48 heavy (non-hydrogen) atoms. The van der Waals surface area contributed by atoms with Gasteiger partial charge in [0.1, 0.15) is 18.2 Å². The number of rotatable bonds is 11. The largest absolute Gasteiger partial charge is 0.444 e. The van der Waals surface area contributed by atoms with Crippen LogP contribution in [0, 0.1) is 0 Å². The second-order valence-corrected chi connectivity index (χ2v) is 23.5. The van der Waals surface area contributed by atoms with Crippen LogP contribution in [0.5, 0.6) is 0 Å². The predicted molar refractivity (Wildman–Crippen MR) is 199 cm³/mol. The Morgan fingerprint density at radius 1 is 1.06 bits per heavy atom. The average Bonchev–Trinajstić information content (AvgIpc) is 3.46. The van der Waals surface area contributed by atoms with Crippen LogP contribution in [0.4, 0.5) is 4.79 Å². The summed E-state index contributed by atoms with van der Waals surface area (Å²) in [5.41, 5.74) is 1.66. The smallest absolute Gasteiger partial charge is 0.408 e. The Labute approximate surface area is 295 Å². The summed E-state index contributed by atoms with van der Waals surface area (Å²) in [4.78, 5) is 31.0. The number of alkyl carbamates (subject to hydrolysis) is 1. The Morgan fingerprint density at radius 3 is 2.29 bits per heavy atom. The molecule has 2 amide bonds. The van der Waals surface area contributed by atoms with Gasteiger partial charge in [0.2, 0.25) is 0 Å². The molecule has 1 aliphatic heterocycles. The first-order valence-electron chi connectivity index (χ1n) is 16.0. The molecule has 10 nitrogen and oxygen atoms in total. The molecule has 13 heteroatoms. The molecule has 0 fully saturated rings. The van der Waals surface area contributed by atoms with Crippen molar-refractivity contribution in [3.8, 4) is 11.3 Å². The van der Waals surface area contributed by atoms with Crippen LogP contribution in [0.3, 0.4) is 0 Å². The molecule has 0 saturated heterocycles. The number of benzene rings is 2. The lowest BCUT2D eigenvalue weighted by atomic mass is 10.0. The molecule has 0 unspecified atom stereocenters. The van der Waals surface area contributed by atoms with Gasteiger partial charge < -0.3 is 19.4 Å². The maximum absolute atomic E-state index is 13.2. The summed E-state index contributed by atoms with van der Waals surface area (Å²) in [5, 5.41) is 3.04. The molecule has 1 atom stereocenters. The monoisotopic (exact) mass is 760 g/mol. The Bertz CT molecular complexity index is 1660. The predicted octanol–water partition coefficient (Wildman–Crippen LogP) is 9.08. The van der Waals surface area contributed by atoms with Crippen LogP contribution in [-0.2, 0) is 27.4 Å². The van der Waals surface area contributed by atoms with E-state index in [1.807, 2.05) is 67.8 Å². The molecular weight excluding hydrogens is 712 g/mol. The third-order valence-electron chi connectivity index (χ3n) is 7.53. The van der Waals surface area contributed by atoms with E-state index in [-0.39, 0.29) is 11.6 Å². The Kier molecular flexibility index (Phi) is 11.4. The molecule has 262 valence electrons. The molecule has 1 aliphatic rings. The molecule has 0 radical (unpaired) electrons. The van der Waals surface area contributed by atoms with E-state index in [2.05, 4.69) is 40.9 Å². The second kappa shape index (κ2) is 14.5. The van der Waals surface area contributed by atoms with Gasteiger partial charge in [0, 0.05) is 37.2 Å². The normalized spacial score (nSPS) is 16.5. The molecule has 0 saturated carbocycles. The van der Waals surface area contributed by atoms with Gasteiger partial charge in [-0.2, -0.15) is 0 Å². The van der Waals surface area contributed by atoms with E-state index < -0.39 is 48.0 Å².